The number of halogens is 1. The number of hydrogen-bond acceptors (Lipinski definition) is 6. The van der Waals surface area contributed by atoms with Gasteiger partial charge in [-0.05, 0) is 15.9 Å². The Labute approximate surface area is 82.5 Å². The van der Waals surface area contributed by atoms with Crippen molar-refractivity contribution < 1.29 is 30.3 Å². The van der Waals surface area contributed by atoms with E-state index < -0.39 is 35.7 Å². The van der Waals surface area contributed by atoms with Crippen LogP contribution in [-0.4, -0.2) is 61.3 Å². The summed E-state index contributed by atoms with van der Waals surface area (Å²) in [6.07, 6.45) is -5.82. The van der Waals surface area contributed by atoms with Gasteiger partial charge in [0.1, 0.15) is 24.4 Å². The molecule has 0 radical (unpaired) electrons. The van der Waals surface area contributed by atoms with E-state index >= 15 is 0 Å². The summed E-state index contributed by atoms with van der Waals surface area (Å²) in [6, 6.07) is 0. The molecule has 13 heavy (non-hydrogen) atoms. The van der Waals surface area contributed by atoms with Gasteiger partial charge in [0.2, 0.25) is 0 Å². The fourth-order valence-corrected chi connectivity index (χ4v) is 1.63. The minimum atomic E-state index is -2.14. The molecule has 0 unspecified atom stereocenters. The molecule has 6 nitrogen and oxygen atoms in total. The van der Waals surface area contributed by atoms with Gasteiger partial charge in [-0.3, -0.25) is 0 Å². The second-order valence-electron chi connectivity index (χ2n) is 2.87. The molecule has 0 aliphatic carbocycles. The van der Waals surface area contributed by atoms with E-state index in [9.17, 15) is 20.4 Å². The second-order valence-corrected chi connectivity index (χ2v) is 4.01. The fourth-order valence-electron chi connectivity index (χ4n) is 1.11. The van der Waals surface area contributed by atoms with Crippen LogP contribution in [-0.2, 0) is 4.74 Å². The van der Waals surface area contributed by atoms with Gasteiger partial charge in [0, 0.05) is 0 Å². The van der Waals surface area contributed by atoms with Gasteiger partial charge >= 0.3 is 0 Å². The predicted molar refractivity (Wildman–Crippen MR) is 43.9 cm³/mol. The Hall–Kier alpha value is 0.240. The number of ether oxygens (including phenoxy) is 1. The van der Waals surface area contributed by atoms with Crippen LogP contribution in [0.1, 0.15) is 0 Å². The molecule has 1 rings (SSSR count). The molecule has 0 saturated carbocycles. The Bertz CT molecular complexity index is 184. The Kier molecular flexibility index (Phi) is 3.29. The Balaban J connectivity index is 2.79. The summed E-state index contributed by atoms with van der Waals surface area (Å²) in [5.74, 6) is 0. The Morgan fingerprint density at radius 2 is 1.77 bits per heavy atom. The molecule has 5 atom stereocenters. The fraction of sp³-hybridized carbons (Fsp3) is 1.00. The van der Waals surface area contributed by atoms with Gasteiger partial charge < -0.3 is 30.3 Å². The van der Waals surface area contributed by atoms with Crippen LogP contribution in [0.4, 0.5) is 0 Å². The molecule has 7 heteroatoms. The quantitative estimate of drug-likeness (QED) is 0.333. The standard InChI is InChI=1S/C6H11BrO6/c7-6(12)5(11)4(10)3(9)2(1-8)13-6/h2-5,8-12H,1H2/t2-,3-,4+,5-,6-/m1/s1. The highest BCUT2D eigenvalue weighted by Gasteiger charge is 2.51. The average molecular weight is 259 g/mol. The summed E-state index contributed by atoms with van der Waals surface area (Å²) in [6.45, 7) is -0.571. The molecule has 0 amide bonds. The van der Waals surface area contributed by atoms with Crippen LogP contribution in [0.15, 0.2) is 0 Å². The lowest BCUT2D eigenvalue weighted by Gasteiger charge is -2.42. The monoisotopic (exact) mass is 258 g/mol. The summed E-state index contributed by atoms with van der Waals surface area (Å²) in [5, 5.41) is 45.6. The zero-order chi connectivity index (χ0) is 10.2. The van der Waals surface area contributed by atoms with Crippen molar-refractivity contribution in [3.63, 3.8) is 0 Å². The van der Waals surface area contributed by atoms with Crippen LogP contribution in [0, 0.1) is 0 Å². The minimum absolute atomic E-state index is 0.571. The van der Waals surface area contributed by atoms with Gasteiger partial charge in [-0.1, -0.05) is 0 Å². The third-order valence-corrected chi connectivity index (χ3v) is 2.57. The minimum Gasteiger partial charge on any atom is -0.394 e. The van der Waals surface area contributed by atoms with E-state index in [2.05, 4.69) is 20.7 Å². The zero-order valence-corrected chi connectivity index (χ0v) is 8.12. The van der Waals surface area contributed by atoms with E-state index in [-0.39, 0.29) is 0 Å². The van der Waals surface area contributed by atoms with Crippen molar-refractivity contribution in [3.05, 3.63) is 0 Å². The SMILES string of the molecule is OC[C@H]1O[C@@](O)(Br)[C@H](O)[C@@H](O)[C@@H]1O. The van der Waals surface area contributed by atoms with E-state index in [0.717, 1.165) is 0 Å². The van der Waals surface area contributed by atoms with Crippen molar-refractivity contribution in [2.24, 2.45) is 0 Å². The highest BCUT2D eigenvalue weighted by Crippen LogP contribution is 2.32. The van der Waals surface area contributed by atoms with Gasteiger partial charge in [-0.15, -0.1) is 0 Å². The molecule has 0 spiro atoms. The van der Waals surface area contributed by atoms with Crippen molar-refractivity contribution >= 4 is 15.9 Å². The molecular weight excluding hydrogens is 248 g/mol. The summed E-state index contributed by atoms with van der Waals surface area (Å²) in [7, 11) is 0. The molecule has 1 fully saturated rings. The lowest BCUT2D eigenvalue weighted by molar-refractivity contribution is -0.301. The van der Waals surface area contributed by atoms with Gasteiger partial charge in [-0.2, -0.15) is 0 Å². The van der Waals surface area contributed by atoms with Gasteiger partial charge in [0.05, 0.1) is 6.61 Å². The molecule has 1 saturated heterocycles. The highest BCUT2D eigenvalue weighted by atomic mass is 79.9. The maximum absolute atomic E-state index is 9.29. The maximum Gasteiger partial charge on any atom is 0.254 e. The lowest BCUT2D eigenvalue weighted by Crippen LogP contribution is -2.62. The molecule has 1 aliphatic rings. The Morgan fingerprint density at radius 1 is 1.23 bits per heavy atom. The number of rotatable bonds is 1. The normalized spacial score (nSPS) is 52.2. The van der Waals surface area contributed by atoms with Crippen LogP contribution in [0.5, 0.6) is 0 Å². The lowest BCUT2D eigenvalue weighted by atomic mass is 9.99. The summed E-state index contributed by atoms with van der Waals surface area (Å²) >= 11 is 2.61. The van der Waals surface area contributed by atoms with Crippen molar-refractivity contribution in [2.45, 2.75) is 29.1 Å². The van der Waals surface area contributed by atoms with Crippen molar-refractivity contribution in [3.8, 4) is 0 Å². The number of hydrogen-bond donors (Lipinski definition) is 5. The van der Waals surface area contributed by atoms with Gasteiger partial charge in [0.15, 0.2) is 0 Å². The molecule has 5 N–H and O–H groups in total. The predicted octanol–water partition coefficient (Wildman–Crippen LogP) is -2.50. The molecule has 0 bridgehead atoms. The number of alkyl halides is 1. The van der Waals surface area contributed by atoms with E-state index in [1.54, 1.807) is 0 Å². The molecule has 0 aromatic rings. The molecular formula is C6H11BrO6. The first-order valence-electron chi connectivity index (χ1n) is 3.64. The first-order chi connectivity index (χ1) is 5.90. The number of aliphatic hydroxyl groups is 5. The molecule has 1 heterocycles. The smallest absolute Gasteiger partial charge is 0.254 e. The average Bonchev–Trinajstić information content (AvgIpc) is 2.08. The van der Waals surface area contributed by atoms with Crippen LogP contribution < -0.4 is 0 Å². The molecule has 78 valence electrons. The second kappa shape index (κ2) is 3.77. The summed E-state index contributed by atoms with van der Waals surface area (Å²) < 4.78 is 2.54. The van der Waals surface area contributed by atoms with E-state index in [1.807, 2.05) is 0 Å². The third-order valence-electron chi connectivity index (χ3n) is 1.92. The molecule has 1 aliphatic heterocycles. The number of aliphatic hydroxyl groups excluding tert-OH is 4. The van der Waals surface area contributed by atoms with Crippen LogP contribution in [0.2, 0.25) is 0 Å². The van der Waals surface area contributed by atoms with E-state index in [1.165, 1.54) is 0 Å². The largest absolute Gasteiger partial charge is 0.394 e. The summed E-state index contributed by atoms with van der Waals surface area (Å²) in [4.78, 5) is 0. The Morgan fingerprint density at radius 3 is 2.23 bits per heavy atom. The zero-order valence-electron chi connectivity index (χ0n) is 6.54. The summed E-state index contributed by atoms with van der Waals surface area (Å²) in [5.41, 5.74) is 0. The first-order valence-corrected chi connectivity index (χ1v) is 4.43. The van der Waals surface area contributed by atoms with Gasteiger partial charge in [0.25, 0.3) is 4.70 Å². The van der Waals surface area contributed by atoms with E-state index in [0.29, 0.717) is 0 Å². The molecule has 0 aromatic heterocycles. The van der Waals surface area contributed by atoms with Crippen LogP contribution >= 0.6 is 15.9 Å². The van der Waals surface area contributed by atoms with Gasteiger partial charge in [-0.25, -0.2) is 0 Å². The highest BCUT2D eigenvalue weighted by molar-refractivity contribution is 9.10. The van der Waals surface area contributed by atoms with Crippen LogP contribution in [0.3, 0.4) is 0 Å². The maximum atomic E-state index is 9.29. The topological polar surface area (TPSA) is 110 Å². The van der Waals surface area contributed by atoms with Crippen LogP contribution in [0.25, 0.3) is 0 Å². The third kappa shape index (κ3) is 2.01. The van der Waals surface area contributed by atoms with Crippen molar-refractivity contribution in [1.82, 2.24) is 0 Å². The van der Waals surface area contributed by atoms with E-state index in [4.69, 9.17) is 5.11 Å². The molecule has 0 aromatic carbocycles. The first kappa shape index (κ1) is 11.3. The van der Waals surface area contributed by atoms with Crippen molar-refractivity contribution in [2.75, 3.05) is 6.61 Å². The van der Waals surface area contributed by atoms with Crippen molar-refractivity contribution in [1.29, 1.82) is 0 Å².